The van der Waals surface area contributed by atoms with E-state index in [0.717, 1.165) is 36.4 Å². The maximum Gasteiger partial charge on any atom is 0.254 e. The van der Waals surface area contributed by atoms with Crippen LogP contribution >= 0.6 is 0 Å². The van der Waals surface area contributed by atoms with Crippen LogP contribution in [-0.4, -0.2) is 36.6 Å². The topological polar surface area (TPSA) is 51.7 Å². The second-order valence-electron chi connectivity index (χ2n) is 5.50. The Bertz CT molecular complexity index is 688. The first-order valence-corrected chi connectivity index (χ1v) is 7.67. The first kappa shape index (κ1) is 15.3. The van der Waals surface area contributed by atoms with Crippen LogP contribution in [0.2, 0.25) is 0 Å². The van der Waals surface area contributed by atoms with Crippen molar-refractivity contribution in [2.45, 2.75) is 18.9 Å². The minimum Gasteiger partial charge on any atom is -0.497 e. The number of benzene rings is 1. The number of carbonyl (C=O) groups is 1. The van der Waals surface area contributed by atoms with Gasteiger partial charge in [-0.05, 0) is 43.2 Å². The highest BCUT2D eigenvalue weighted by molar-refractivity contribution is 5.94. The van der Waals surface area contributed by atoms with Crippen molar-refractivity contribution < 1.29 is 14.3 Å². The highest BCUT2D eigenvalue weighted by atomic mass is 16.5. The van der Waals surface area contributed by atoms with Crippen LogP contribution in [0.4, 0.5) is 0 Å². The van der Waals surface area contributed by atoms with Gasteiger partial charge in [0.25, 0.3) is 5.91 Å². The minimum absolute atomic E-state index is 0.000662. The predicted octanol–water partition coefficient (Wildman–Crippen LogP) is 3.08. The molecule has 0 unspecified atom stereocenters. The van der Waals surface area contributed by atoms with Crippen LogP contribution in [0.1, 0.15) is 34.8 Å². The Morgan fingerprint density at radius 1 is 1.17 bits per heavy atom. The molecule has 0 saturated carbocycles. The zero-order valence-corrected chi connectivity index (χ0v) is 13.4. The summed E-state index contributed by atoms with van der Waals surface area (Å²) >= 11 is 0. The Kier molecular flexibility index (Phi) is 4.46. The van der Waals surface area contributed by atoms with Crippen LogP contribution < -0.4 is 9.47 Å². The van der Waals surface area contributed by atoms with Gasteiger partial charge in [-0.15, -0.1) is 0 Å². The molecular weight excluding hydrogens is 292 g/mol. The van der Waals surface area contributed by atoms with E-state index in [1.807, 2.05) is 23.1 Å². The monoisotopic (exact) mass is 312 g/mol. The van der Waals surface area contributed by atoms with E-state index in [-0.39, 0.29) is 11.9 Å². The molecule has 0 N–H and O–H groups in total. The molecule has 5 heteroatoms. The van der Waals surface area contributed by atoms with Crippen molar-refractivity contribution in [1.82, 2.24) is 9.88 Å². The number of hydrogen-bond donors (Lipinski definition) is 0. The van der Waals surface area contributed by atoms with E-state index in [9.17, 15) is 4.79 Å². The maximum absolute atomic E-state index is 12.8. The Balaban J connectivity index is 1.94. The lowest BCUT2D eigenvalue weighted by Gasteiger charge is -2.26. The van der Waals surface area contributed by atoms with Crippen LogP contribution in [-0.2, 0) is 0 Å². The van der Waals surface area contributed by atoms with Crippen molar-refractivity contribution in [2.24, 2.45) is 0 Å². The summed E-state index contributed by atoms with van der Waals surface area (Å²) in [6, 6.07) is 9.22. The summed E-state index contributed by atoms with van der Waals surface area (Å²) in [5.74, 6) is 1.58. The molecule has 0 bridgehead atoms. The molecule has 1 saturated heterocycles. The van der Waals surface area contributed by atoms with E-state index in [0.29, 0.717) is 5.56 Å². The molecule has 0 spiro atoms. The summed E-state index contributed by atoms with van der Waals surface area (Å²) in [5.41, 5.74) is 1.65. The molecule has 2 heterocycles. The molecular formula is C18H20N2O3. The predicted molar refractivity (Wildman–Crippen MR) is 86.8 cm³/mol. The van der Waals surface area contributed by atoms with Crippen LogP contribution in [0, 0.1) is 0 Å². The second-order valence-corrected chi connectivity index (χ2v) is 5.50. The van der Waals surface area contributed by atoms with Gasteiger partial charge in [-0.3, -0.25) is 9.78 Å². The van der Waals surface area contributed by atoms with Crippen molar-refractivity contribution in [3.05, 3.63) is 53.9 Å². The van der Waals surface area contributed by atoms with E-state index in [2.05, 4.69) is 4.98 Å². The van der Waals surface area contributed by atoms with Gasteiger partial charge in [-0.25, -0.2) is 0 Å². The number of likely N-dealkylation sites (tertiary alicyclic amines) is 1. The first-order chi connectivity index (χ1) is 11.2. The summed E-state index contributed by atoms with van der Waals surface area (Å²) in [6.45, 7) is 0.742. The Labute approximate surface area is 135 Å². The lowest BCUT2D eigenvalue weighted by molar-refractivity contribution is 0.0734. The number of methoxy groups -OCH3 is 2. The third kappa shape index (κ3) is 2.99. The van der Waals surface area contributed by atoms with Crippen molar-refractivity contribution in [3.8, 4) is 11.5 Å². The minimum atomic E-state index is 0.000662. The molecule has 0 aliphatic carbocycles. The molecule has 3 rings (SSSR count). The highest BCUT2D eigenvalue weighted by Gasteiger charge is 2.32. The zero-order chi connectivity index (χ0) is 16.2. The molecule has 1 amide bonds. The smallest absolute Gasteiger partial charge is 0.254 e. The van der Waals surface area contributed by atoms with Crippen molar-refractivity contribution in [3.63, 3.8) is 0 Å². The standard InChI is InChI=1S/C18H20N2O3/c1-22-14-5-6-17(23-2)15(12-14)16-4-3-11-20(16)18(21)13-7-9-19-10-8-13/h5-10,12,16H,3-4,11H2,1-2H3/t16-/m1/s1. The molecule has 1 aliphatic rings. The summed E-state index contributed by atoms with van der Waals surface area (Å²) in [4.78, 5) is 18.7. The summed E-state index contributed by atoms with van der Waals surface area (Å²) < 4.78 is 10.8. The van der Waals surface area contributed by atoms with Gasteiger partial charge in [0.15, 0.2) is 0 Å². The average molecular weight is 312 g/mol. The fourth-order valence-corrected chi connectivity index (χ4v) is 3.09. The Morgan fingerprint density at radius 2 is 1.96 bits per heavy atom. The largest absolute Gasteiger partial charge is 0.497 e. The molecule has 1 fully saturated rings. The average Bonchev–Trinajstić information content (AvgIpc) is 3.10. The first-order valence-electron chi connectivity index (χ1n) is 7.67. The lowest BCUT2D eigenvalue weighted by Crippen LogP contribution is -2.30. The number of rotatable bonds is 4. The molecule has 120 valence electrons. The van der Waals surface area contributed by atoms with E-state index < -0.39 is 0 Å². The van der Waals surface area contributed by atoms with Gasteiger partial charge < -0.3 is 14.4 Å². The van der Waals surface area contributed by atoms with Gasteiger partial charge in [0, 0.05) is 30.1 Å². The number of aromatic nitrogens is 1. The van der Waals surface area contributed by atoms with Crippen molar-refractivity contribution in [2.75, 3.05) is 20.8 Å². The fourth-order valence-electron chi connectivity index (χ4n) is 3.09. The van der Waals surface area contributed by atoms with Gasteiger partial charge >= 0.3 is 0 Å². The van der Waals surface area contributed by atoms with E-state index >= 15 is 0 Å². The molecule has 1 aromatic heterocycles. The third-order valence-corrected chi connectivity index (χ3v) is 4.24. The molecule has 2 aromatic rings. The second kappa shape index (κ2) is 6.69. The quantitative estimate of drug-likeness (QED) is 0.870. The number of pyridine rings is 1. The SMILES string of the molecule is COc1ccc(OC)c([C@H]2CCCN2C(=O)c2ccncc2)c1. The molecule has 23 heavy (non-hydrogen) atoms. The van der Waals surface area contributed by atoms with Crippen molar-refractivity contribution in [1.29, 1.82) is 0 Å². The van der Waals surface area contributed by atoms with Crippen LogP contribution in [0.3, 0.4) is 0 Å². The van der Waals surface area contributed by atoms with Gasteiger partial charge in [-0.2, -0.15) is 0 Å². The molecule has 5 nitrogen and oxygen atoms in total. The van der Waals surface area contributed by atoms with Crippen LogP contribution in [0.5, 0.6) is 11.5 Å². The number of carbonyl (C=O) groups excluding carboxylic acids is 1. The summed E-state index contributed by atoms with van der Waals surface area (Å²) in [5, 5.41) is 0. The molecule has 1 atom stereocenters. The zero-order valence-electron chi connectivity index (χ0n) is 13.4. The van der Waals surface area contributed by atoms with Gasteiger partial charge in [-0.1, -0.05) is 0 Å². The summed E-state index contributed by atoms with van der Waals surface area (Å²) in [7, 11) is 3.29. The van der Waals surface area contributed by atoms with Gasteiger partial charge in [0.05, 0.1) is 20.3 Å². The number of amides is 1. The third-order valence-electron chi connectivity index (χ3n) is 4.24. The number of hydrogen-bond acceptors (Lipinski definition) is 4. The highest BCUT2D eigenvalue weighted by Crippen LogP contribution is 2.39. The van der Waals surface area contributed by atoms with Crippen molar-refractivity contribution >= 4 is 5.91 Å². The number of nitrogens with zero attached hydrogens (tertiary/aromatic N) is 2. The van der Waals surface area contributed by atoms with E-state index in [4.69, 9.17) is 9.47 Å². The van der Waals surface area contributed by atoms with Crippen LogP contribution in [0.15, 0.2) is 42.7 Å². The normalized spacial score (nSPS) is 17.1. The Hall–Kier alpha value is -2.56. The lowest BCUT2D eigenvalue weighted by atomic mass is 10.0. The van der Waals surface area contributed by atoms with E-state index in [1.54, 1.807) is 38.7 Å². The van der Waals surface area contributed by atoms with Gasteiger partial charge in [0.1, 0.15) is 11.5 Å². The summed E-state index contributed by atoms with van der Waals surface area (Å²) in [6.07, 6.45) is 5.18. The number of ether oxygens (including phenoxy) is 2. The van der Waals surface area contributed by atoms with E-state index in [1.165, 1.54) is 0 Å². The molecule has 1 aromatic carbocycles. The Morgan fingerprint density at radius 3 is 2.65 bits per heavy atom. The molecule has 0 radical (unpaired) electrons. The van der Waals surface area contributed by atoms with Crippen LogP contribution in [0.25, 0.3) is 0 Å². The van der Waals surface area contributed by atoms with Gasteiger partial charge in [0.2, 0.25) is 0 Å². The molecule has 1 aliphatic heterocycles. The fraction of sp³-hybridized carbons (Fsp3) is 0.333. The maximum atomic E-state index is 12.8.